The van der Waals surface area contributed by atoms with Crippen molar-refractivity contribution in [3.05, 3.63) is 76.5 Å². The molecule has 1 amide bonds. The molecule has 1 N–H and O–H groups in total. The van der Waals surface area contributed by atoms with Crippen molar-refractivity contribution >= 4 is 34.8 Å². The third-order valence-corrected chi connectivity index (χ3v) is 3.61. The largest absolute Gasteiger partial charge is 0.451 e. The summed E-state index contributed by atoms with van der Waals surface area (Å²) in [5.74, 6) is 0.410. The lowest BCUT2D eigenvalue weighted by Gasteiger charge is -2.03. The molecule has 110 valence electrons. The van der Waals surface area contributed by atoms with Crippen LogP contribution in [-0.4, -0.2) is 5.91 Å². The molecular formula is C17H11Cl2NO2. The van der Waals surface area contributed by atoms with Crippen molar-refractivity contribution in [1.29, 1.82) is 0 Å². The molecule has 0 atom stereocenters. The van der Waals surface area contributed by atoms with E-state index < -0.39 is 0 Å². The number of hydrogen-bond acceptors (Lipinski definition) is 2. The third kappa shape index (κ3) is 3.16. The Balaban J connectivity index is 1.83. The monoisotopic (exact) mass is 331 g/mol. The Morgan fingerprint density at radius 2 is 1.73 bits per heavy atom. The van der Waals surface area contributed by atoms with Crippen LogP contribution in [0.5, 0.6) is 0 Å². The fourth-order valence-corrected chi connectivity index (χ4v) is 2.51. The average Bonchev–Trinajstić information content (AvgIpc) is 2.98. The number of nitrogens with one attached hydrogen (secondary N) is 1. The Hall–Kier alpha value is -2.23. The van der Waals surface area contributed by atoms with E-state index in [1.807, 2.05) is 18.2 Å². The van der Waals surface area contributed by atoms with Gasteiger partial charge in [-0.2, -0.15) is 0 Å². The van der Waals surface area contributed by atoms with E-state index >= 15 is 0 Å². The highest BCUT2D eigenvalue weighted by molar-refractivity contribution is 6.36. The number of rotatable bonds is 3. The van der Waals surface area contributed by atoms with E-state index in [-0.39, 0.29) is 11.7 Å². The Bertz CT molecular complexity index is 813. The maximum Gasteiger partial charge on any atom is 0.291 e. The lowest BCUT2D eigenvalue weighted by molar-refractivity contribution is 0.0997. The van der Waals surface area contributed by atoms with Gasteiger partial charge in [-0.3, -0.25) is 4.79 Å². The molecule has 0 spiro atoms. The molecule has 3 rings (SSSR count). The molecule has 0 aliphatic rings. The Morgan fingerprint density at radius 3 is 2.45 bits per heavy atom. The minimum absolute atomic E-state index is 0.213. The minimum atomic E-state index is -0.317. The predicted octanol–water partition coefficient (Wildman–Crippen LogP) is 5.51. The number of carbonyl (C=O) groups excluding carboxylic acids is 1. The highest BCUT2D eigenvalue weighted by atomic mass is 35.5. The summed E-state index contributed by atoms with van der Waals surface area (Å²) in [7, 11) is 0. The second-order valence-corrected chi connectivity index (χ2v) is 5.45. The van der Waals surface area contributed by atoms with E-state index in [4.69, 9.17) is 27.6 Å². The van der Waals surface area contributed by atoms with Gasteiger partial charge in [0, 0.05) is 16.3 Å². The zero-order valence-corrected chi connectivity index (χ0v) is 12.9. The lowest BCUT2D eigenvalue weighted by atomic mass is 10.2. The van der Waals surface area contributed by atoms with Crippen LogP contribution >= 0.6 is 23.2 Å². The first kappa shape index (κ1) is 14.7. The van der Waals surface area contributed by atoms with Crippen LogP contribution in [0.4, 0.5) is 5.69 Å². The zero-order valence-electron chi connectivity index (χ0n) is 11.3. The maximum absolute atomic E-state index is 12.1. The first-order valence-electron chi connectivity index (χ1n) is 6.55. The van der Waals surface area contributed by atoms with E-state index in [0.29, 0.717) is 27.1 Å². The van der Waals surface area contributed by atoms with Crippen LogP contribution in [0.15, 0.2) is 65.1 Å². The van der Waals surface area contributed by atoms with E-state index in [2.05, 4.69) is 5.32 Å². The van der Waals surface area contributed by atoms with Crippen molar-refractivity contribution in [3.8, 4) is 11.3 Å². The van der Waals surface area contributed by atoms with Crippen LogP contribution in [0.1, 0.15) is 10.6 Å². The fraction of sp³-hybridized carbons (Fsp3) is 0. The number of hydrogen-bond donors (Lipinski definition) is 1. The molecule has 2 aromatic carbocycles. The van der Waals surface area contributed by atoms with E-state index in [1.54, 1.807) is 42.5 Å². The summed E-state index contributed by atoms with van der Waals surface area (Å²) >= 11 is 12.0. The molecule has 3 aromatic rings. The fourth-order valence-electron chi connectivity index (χ4n) is 2.01. The van der Waals surface area contributed by atoms with E-state index in [1.165, 1.54) is 0 Å². The molecule has 0 aliphatic carbocycles. The van der Waals surface area contributed by atoms with E-state index in [0.717, 1.165) is 0 Å². The van der Waals surface area contributed by atoms with Crippen molar-refractivity contribution in [2.75, 3.05) is 5.32 Å². The van der Waals surface area contributed by atoms with Crippen LogP contribution in [0.3, 0.4) is 0 Å². The zero-order chi connectivity index (χ0) is 15.5. The third-order valence-electron chi connectivity index (χ3n) is 3.06. The van der Waals surface area contributed by atoms with Gasteiger partial charge in [0.1, 0.15) is 5.76 Å². The van der Waals surface area contributed by atoms with Crippen LogP contribution in [0.25, 0.3) is 11.3 Å². The summed E-state index contributed by atoms with van der Waals surface area (Å²) in [6, 6.07) is 17.6. The molecule has 0 saturated carbocycles. The topological polar surface area (TPSA) is 42.2 Å². The smallest absolute Gasteiger partial charge is 0.291 e. The Kier molecular flexibility index (Phi) is 4.18. The molecule has 0 aliphatic heterocycles. The molecule has 0 radical (unpaired) electrons. The summed E-state index contributed by atoms with van der Waals surface area (Å²) < 4.78 is 5.58. The van der Waals surface area contributed by atoms with Gasteiger partial charge in [-0.05, 0) is 42.5 Å². The van der Waals surface area contributed by atoms with Crippen molar-refractivity contribution < 1.29 is 9.21 Å². The number of amides is 1. The van der Waals surface area contributed by atoms with E-state index in [9.17, 15) is 4.79 Å². The van der Waals surface area contributed by atoms with Crippen LogP contribution in [0.2, 0.25) is 10.0 Å². The van der Waals surface area contributed by atoms with Gasteiger partial charge in [0.2, 0.25) is 0 Å². The number of anilines is 1. The second-order valence-electron chi connectivity index (χ2n) is 4.61. The van der Waals surface area contributed by atoms with Crippen LogP contribution in [-0.2, 0) is 0 Å². The second kappa shape index (κ2) is 6.26. The number of carbonyl (C=O) groups is 1. The highest BCUT2D eigenvalue weighted by Crippen LogP contribution is 2.31. The normalized spacial score (nSPS) is 10.5. The predicted molar refractivity (Wildman–Crippen MR) is 88.6 cm³/mol. The standard InChI is InChI=1S/C17H11Cl2NO2/c18-11-6-7-13(14(19)10-11)15-8-9-16(22-15)17(21)20-12-4-2-1-3-5-12/h1-10H,(H,20,21). The Morgan fingerprint density at radius 1 is 0.955 bits per heavy atom. The van der Waals surface area contributed by atoms with Gasteiger partial charge in [-0.25, -0.2) is 0 Å². The summed E-state index contributed by atoms with van der Waals surface area (Å²) in [6.45, 7) is 0. The van der Waals surface area contributed by atoms with Gasteiger partial charge >= 0.3 is 0 Å². The lowest BCUT2D eigenvalue weighted by Crippen LogP contribution is -2.10. The van der Waals surface area contributed by atoms with Gasteiger partial charge in [-0.15, -0.1) is 0 Å². The molecule has 1 heterocycles. The number of halogens is 2. The van der Waals surface area contributed by atoms with Crippen molar-refractivity contribution in [3.63, 3.8) is 0 Å². The van der Waals surface area contributed by atoms with Gasteiger partial charge in [0.05, 0.1) is 5.02 Å². The molecule has 0 unspecified atom stereocenters. The molecule has 0 bridgehead atoms. The van der Waals surface area contributed by atoms with Crippen LogP contribution in [0, 0.1) is 0 Å². The van der Waals surface area contributed by atoms with Crippen molar-refractivity contribution in [2.24, 2.45) is 0 Å². The molecule has 0 saturated heterocycles. The molecule has 3 nitrogen and oxygen atoms in total. The summed E-state index contributed by atoms with van der Waals surface area (Å²) in [4.78, 5) is 12.1. The SMILES string of the molecule is O=C(Nc1ccccc1)c1ccc(-c2ccc(Cl)cc2Cl)o1. The Labute approximate surface area is 137 Å². The quantitative estimate of drug-likeness (QED) is 0.687. The number of furan rings is 1. The molecule has 5 heteroatoms. The highest BCUT2D eigenvalue weighted by Gasteiger charge is 2.14. The summed E-state index contributed by atoms with van der Waals surface area (Å²) in [5.41, 5.74) is 1.39. The first-order valence-corrected chi connectivity index (χ1v) is 7.31. The van der Waals surface area contributed by atoms with Crippen LogP contribution < -0.4 is 5.32 Å². The molecule has 1 aromatic heterocycles. The average molecular weight is 332 g/mol. The van der Waals surface area contributed by atoms with Gasteiger partial charge in [0.15, 0.2) is 5.76 Å². The first-order chi connectivity index (χ1) is 10.6. The number of benzene rings is 2. The van der Waals surface area contributed by atoms with Gasteiger partial charge < -0.3 is 9.73 Å². The number of para-hydroxylation sites is 1. The molecule has 0 fully saturated rings. The molecule has 22 heavy (non-hydrogen) atoms. The summed E-state index contributed by atoms with van der Waals surface area (Å²) in [6.07, 6.45) is 0. The minimum Gasteiger partial charge on any atom is -0.451 e. The van der Waals surface area contributed by atoms with Gasteiger partial charge in [0.25, 0.3) is 5.91 Å². The summed E-state index contributed by atoms with van der Waals surface area (Å²) in [5, 5.41) is 3.77. The van der Waals surface area contributed by atoms with Gasteiger partial charge in [-0.1, -0.05) is 41.4 Å². The molecular weight excluding hydrogens is 321 g/mol. The maximum atomic E-state index is 12.1. The van der Waals surface area contributed by atoms with Crippen molar-refractivity contribution in [1.82, 2.24) is 0 Å². The van der Waals surface area contributed by atoms with Crippen molar-refractivity contribution in [2.45, 2.75) is 0 Å².